The zero-order valence-corrected chi connectivity index (χ0v) is 15.7. The molecule has 2 N–H and O–H groups in total. The van der Waals surface area contributed by atoms with Crippen molar-refractivity contribution < 1.29 is 15.0 Å². The van der Waals surface area contributed by atoms with Gasteiger partial charge in [0.1, 0.15) is 0 Å². The van der Waals surface area contributed by atoms with Crippen LogP contribution in [0, 0.1) is 22.7 Å². The van der Waals surface area contributed by atoms with Gasteiger partial charge in [-0.1, -0.05) is 38.3 Å². The monoisotopic (exact) mass is 344 g/mol. The fourth-order valence-electron chi connectivity index (χ4n) is 6.70. The maximum absolute atomic E-state index is 11.1. The fraction of sp³-hybridized carbons (Fsp3) is 0.773. The van der Waals surface area contributed by atoms with Gasteiger partial charge in [0.2, 0.25) is 0 Å². The van der Waals surface area contributed by atoms with E-state index in [4.69, 9.17) is 5.11 Å². The highest BCUT2D eigenvalue weighted by Crippen LogP contribution is 2.63. The number of rotatable bonds is 3. The van der Waals surface area contributed by atoms with Gasteiger partial charge in [0.05, 0.1) is 0 Å². The van der Waals surface area contributed by atoms with E-state index < -0.39 is 12.1 Å². The number of aliphatic hydroxyl groups is 1. The third kappa shape index (κ3) is 2.53. The number of carboxylic acids is 1. The van der Waals surface area contributed by atoms with Crippen LogP contribution >= 0.6 is 0 Å². The number of allylic oxidation sites excluding steroid dienone is 4. The summed E-state index contributed by atoms with van der Waals surface area (Å²) < 4.78 is 0. The molecule has 0 amide bonds. The van der Waals surface area contributed by atoms with E-state index in [-0.39, 0.29) is 11.3 Å². The van der Waals surface area contributed by atoms with Crippen molar-refractivity contribution in [2.45, 2.75) is 84.2 Å². The van der Waals surface area contributed by atoms with Crippen molar-refractivity contribution in [3.05, 3.63) is 22.8 Å². The lowest BCUT2D eigenvalue weighted by atomic mass is 9.52. The molecular weight excluding hydrogens is 312 g/mol. The molecule has 0 saturated heterocycles. The number of hydrogen-bond acceptors (Lipinski definition) is 2. The van der Waals surface area contributed by atoms with E-state index in [1.165, 1.54) is 50.5 Å². The highest BCUT2D eigenvalue weighted by atomic mass is 16.4. The maximum Gasteiger partial charge on any atom is 0.332 e. The van der Waals surface area contributed by atoms with Crippen LogP contribution in [-0.2, 0) is 4.79 Å². The lowest BCUT2D eigenvalue weighted by molar-refractivity contribution is -0.147. The minimum absolute atomic E-state index is 0.0626. The Bertz CT molecular complexity index is 646. The molecule has 5 atom stereocenters. The molecule has 0 aromatic rings. The minimum Gasteiger partial charge on any atom is -0.479 e. The first-order valence-electron chi connectivity index (χ1n) is 10.2. The van der Waals surface area contributed by atoms with E-state index in [2.05, 4.69) is 19.9 Å². The summed E-state index contributed by atoms with van der Waals surface area (Å²) in [6.45, 7) is 4.85. The van der Waals surface area contributed by atoms with Gasteiger partial charge in [0.15, 0.2) is 6.10 Å². The standard InChI is InChI=1S/C22H32O3/c1-21-11-4-3-5-14(21)6-8-16-17-9-7-15(13-19(23)20(24)25)22(17,2)12-10-18(16)21/h9,14-15,19,23H,3-8,10-13H2,1-2H3,(H,24,25)/t14?,15-,19?,21+,22-/m1/s1. The SMILES string of the molecule is C[C@]12CCC3=C(CCC4CCCC[C@]34C)C1=CC[C@@H]2CC(O)C(=O)O. The number of aliphatic hydroxyl groups excluding tert-OH is 1. The van der Waals surface area contributed by atoms with Crippen molar-refractivity contribution >= 4 is 5.97 Å². The van der Waals surface area contributed by atoms with Crippen molar-refractivity contribution in [1.82, 2.24) is 0 Å². The summed E-state index contributed by atoms with van der Waals surface area (Å²) in [5.74, 6) is 0.0542. The Morgan fingerprint density at radius 1 is 1.20 bits per heavy atom. The highest BCUT2D eigenvalue weighted by Gasteiger charge is 2.51. The molecule has 0 heterocycles. The third-order valence-electron chi connectivity index (χ3n) is 8.33. The molecule has 0 radical (unpaired) electrons. The highest BCUT2D eigenvalue weighted by molar-refractivity contribution is 5.72. The largest absolute Gasteiger partial charge is 0.479 e. The number of aliphatic carboxylic acids is 1. The number of carboxylic acid groups (broad SMARTS) is 1. The van der Waals surface area contributed by atoms with Crippen molar-refractivity contribution in [3.63, 3.8) is 0 Å². The van der Waals surface area contributed by atoms with Crippen molar-refractivity contribution in [2.24, 2.45) is 22.7 Å². The van der Waals surface area contributed by atoms with E-state index in [0.29, 0.717) is 11.8 Å². The van der Waals surface area contributed by atoms with Gasteiger partial charge in [-0.3, -0.25) is 0 Å². The molecule has 0 bridgehead atoms. The summed E-state index contributed by atoms with van der Waals surface area (Å²) >= 11 is 0. The first kappa shape index (κ1) is 17.3. The molecule has 0 spiro atoms. The Hall–Kier alpha value is -1.09. The van der Waals surface area contributed by atoms with E-state index >= 15 is 0 Å². The summed E-state index contributed by atoms with van der Waals surface area (Å²) in [5.41, 5.74) is 5.36. The first-order chi connectivity index (χ1) is 11.9. The molecule has 25 heavy (non-hydrogen) atoms. The van der Waals surface area contributed by atoms with Crippen LogP contribution in [0.5, 0.6) is 0 Å². The number of fused-ring (bicyclic) bond motifs is 4. The van der Waals surface area contributed by atoms with Gasteiger partial charge >= 0.3 is 5.97 Å². The Balaban J connectivity index is 1.64. The molecule has 1 fully saturated rings. The van der Waals surface area contributed by atoms with Gasteiger partial charge in [-0.2, -0.15) is 0 Å². The van der Waals surface area contributed by atoms with Crippen LogP contribution in [-0.4, -0.2) is 22.3 Å². The normalized spacial score (nSPS) is 41.5. The summed E-state index contributed by atoms with van der Waals surface area (Å²) in [5, 5.41) is 19.0. The topological polar surface area (TPSA) is 57.5 Å². The van der Waals surface area contributed by atoms with Crippen molar-refractivity contribution in [1.29, 1.82) is 0 Å². The van der Waals surface area contributed by atoms with Crippen LogP contribution in [0.3, 0.4) is 0 Å². The third-order valence-corrected chi connectivity index (χ3v) is 8.33. The molecule has 4 aliphatic carbocycles. The molecule has 4 rings (SSSR count). The van der Waals surface area contributed by atoms with Gasteiger partial charge in [-0.25, -0.2) is 4.79 Å². The second kappa shape index (κ2) is 5.97. The van der Waals surface area contributed by atoms with Gasteiger partial charge in [-0.05, 0) is 85.2 Å². The molecule has 138 valence electrons. The summed E-state index contributed by atoms with van der Waals surface area (Å²) in [7, 11) is 0. The maximum atomic E-state index is 11.1. The molecule has 0 aliphatic heterocycles. The Morgan fingerprint density at radius 3 is 2.76 bits per heavy atom. The van der Waals surface area contributed by atoms with Gasteiger partial charge in [0, 0.05) is 0 Å². The second-order valence-electron chi connectivity index (χ2n) is 9.41. The van der Waals surface area contributed by atoms with E-state index in [1.807, 2.05) is 0 Å². The van der Waals surface area contributed by atoms with Crippen LogP contribution in [0.15, 0.2) is 22.8 Å². The molecule has 2 unspecified atom stereocenters. The smallest absolute Gasteiger partial charge is 0.332 e. The minimum atomic E-state index is -1.23. The van der Waals surface area contributed by atoms with Crippen LogP contribution in [0.2, 0.25) is 0 Å². The summed E-state index contributed by atoms with van der Waals surface area (Å²) in [6, 6.07) is 0. The molecule has 4 aliphatic rings. The zero-order valence-electron chi connectivity index (χ0n) is 15.7. The number of carbonyl (C=O) groups is 1. The van der Waals surface area contributed by atoms with Crippen LogP contribution in [0.25, 0.3) is 0 Å². The van der Waals surface area contributed by atoms with Gasteiger partial charge < -0.3 is 10.2 Å². The fourth-order valence-corrected chi connectivity index (χ4v) is 6.70. The number of hydrogen-bond donors (Lipinski definition) is 2. The van der Waals surface area contributed by atoms with Crippen LogP contribution in [0.4, 0.5) is 0 Å². The summed E-state index contributed by atoms with van der Waals surface area (Å²) in [6.07, 6.45) is 12.8. The molecular formula is C22H32O3. The second-order valence-corrected chi connectivity index (χ2v) is 9.41. The quantitative estimate of drug-likeness (QED) is 0.769. The molecule has 3 heteroatoms. The van der Waals surface area contributed by atoms with Crippen molar-refractivity contribution in [2.75, 3.05) is 0 Å². The Morgan fingerprint density at radius 2 is 2.00 bits per heavy atom. The van der Waals surface area contributed by atoms with Gasteiger partial charge in [-0.15, -0.1) is 0 Å². The zero-order chi connectivity index (χ0) is 17.8. The van der Waals surface area contributed by atoms with E-state index in [0.717, 1.165) is 18.8 Å². The molecule has 0 aromatic heterocycles. The first-order valence-corrected chi connectivity index (χ1v) is 10.2. The Labute approximate surface area is 151 Å². The molecule has 0 aromatic carbocycles. The average Bonchev–Trinajstić information content (AvgIpc) is 2.91. The average molecular weight is 344 g/mol. The van der Waals surface area contributed by atoms with E-state index in [9.17, 15) is 9.90 Å². The van der Waals surface area contributed by atoms with Crippen LogP contribution in [0.1, 0.15) is 78.1 Å². The molecule has 3 nitrogen and oxygen atoms in total. The predicted octanol–water partition coefficient (Wildman–Crippen LogP) is 4.86. The lowest BCUT2D eigenvalue weighted by Crippen LogP contribution is -2.41. The molecule has 1 saturated carbocycles. The van der Waals surface area contributed by atoms with Crippen molar-refractivity contribution in [3.8, 4) is 0 Å². The Kier molecular flexibility index (Phi) is 4.14. The lowest BCUT2D eigenvalue weighted by Gasteiger charge is -2.53. The predicted molar refractivity (Wildman–Crippen MR) is 98.1 cm³/mol. The van der Waals surface area contributed by atoms with E-state index in [1.54, 1.807) is 11.1 Å². The van der Waals surface area contributed by atoms with Crippen LogP contribution < -0.4 is 0 Å². The van der Waals surface area contributed by atoms with Gasteiger partial charge in [0.25, 0.3) is 0 Å². The summed E-state index contributed by atoms with van der Waals surface area (Å²) in [4.78, 5) is 11.1.